The third-order valence-electron chi connectivity index (χ3n) is 6.16. The van der Waals surface area contributed by atoms with Crippen LogP contribution in [-0.2, 0) is 32.6 Å². The van der Waals surface area contributed by atoms with E-state index in [4.69, 9.17) is 27.9 Å². The first-order valence-corrected chi connectivity index (χ1v) is 15.5. The van der Waals surface area contributed by atoms with E-state index in [1.165, 1.54) is 12.0 Å². The molecule has 3 rings (SSSR count). The smallest absolute Gasteiger partial charge is 0.244 e. The van der Waals surface area contributed by atoms with Crippen molar-refractivity contribution in [3.05, 3.63) is 94.0 Å². The van der Waals surface area contributed by atoms with Crippen molar-refractivity contribution in [1.82, 2.24) is 10.2 Å². The number of para-hydroxylation sites is 2. The molecule has 0 unspecified atom stereocenters. The third-order valence-corrected chi connectivity index (χ3v) is 7.87. The Morgan fingerprint density at radius 1 is 0.976 bits per heavy atom. The van der Waals surface area contributed by atoms with Crippen LogP contribution in [0, 0.1) is 0 Å². The van der Waals surface area contributed by atoms with Gasteiger partial charge in [-0.25, -0.2) is 8.42 Å². The van der Waals surface area contributed by atoms with Gasteiger partial charge in [0.25, 0.3) is 0 Å². The van der Waals surface area contributed by atoms with E-state index in [9.17, 15) is 18.0 Å². The first-order chi connectivity index (χ1) is 19.2. The van der Waals surface area contributed by atoms with Gasteiger partial charge in [0.15, 0.2) is 0 Å². The summed E-state index contributed by atoms with van der Waals surface area (Å²) in [6.45, 7) is 4.91. The summed E-state index contributed by atoms with van der Waals surface area (Å²) in [5.41, 5.74) is 0.990. The first kappa shape index (κ1) is 32.2. The lowest BCUT2D eigenvalue weighted by Gasteiger charge is -2.35. The molecular weight excluding hydrogens is 585 g/mol. The fraction of sp³-hybridized carbons (Fsp3) is 0.333. The van der Waals surface area contributed by atoms with Crippen LogP contribution in [0.5, 0.6) is 5.75 Å². The molecule has 0 aliphatic heterocycles. The summed E-state index contributed by atoms with van der Waals surface area (Å²) >= 11 is 12.6. The van der Waals surface area contributed by atoms with Crippen LogP contribution >= 0.6 is 23.2 Å². The van der Waals surface area contributed by atoms with Crippen molar-refractivity contribution in [3.8, 4) is 5.75 Å². The minimum atomic E-state index is -3.94. The first-order valence-electron chi connectivity index (χ1n) is 12.9. The Labute approximate surface area is 252 Å². The summed E-state index contributed by atoms with van der Waals surface area (Å²) < 4.78 is 32.3. The molecule has 11 heteroatoms. The Hall–Kier alpha value is -3.27. The van der Waals surface area contributed by atoms with Crippen molar-refractivity contribution in [1.29, 1.82) is 0 Å². The van der Waals surface area contributed by atoms with Crippen molar-refractivity contribution in [2.45, 2.75) is 45.3 Å². The molecule has 0 aliphatic rings. The van der Waals surface area contributed by atoms with Crippen molar-refractivity contribution < 1.29 is 22.7 Å². The average Bonchev–Trinajstić information content (AvgIpc) is 2.89. The number of hydrogen-bond donors (Lipinski definition) is 1. The van der Waals surface area contributed by atoms with Crippen molar-refractivity contribution in [2.75, 3.05) is 24.2 Å². The Kier molecular flexibility index (Phi) is 10.7. The van der Waals surface area contributed by atoms with E-state index in [-0.39, 0.29) is 30.3 Å². The highest BCUT2D eigenvalue weighted by Crippen LogP contribution is 2.30. The summed E-state index contributed by atoms with van der Waals surface area (Å²) in [7, 11) is -2.52. The molecule has 41 heavy (non-hydrogen) atoms. The maximum Gasteiger partial charge on any atom is 0.244 e. The molecule has 3 aromatic rings. The summed E-state index contributed by atoms with van der Waals surface area (Å²) in [5, 5.41) is 3.71. The van der Waals surface area contributed by atoms with Gasteiger partial charge in [0, 0.05) is 28.5 Å². The van der Waals surface area contributed by atoms with E-state index in [1.807, 2.05) is 51.1 Å². The zero-order valence-electron chi connectivity index (χ0n) is 23.7. The van der Waals surface area contributed by atoms with Gasteiger partial charge < -0.3 is 15.0 Å². The van der Waals surface area contributed by atoms with Crippen LogP contribution in [0.4, 0.5) is 5.69 Å². The second kappa shape index (κ2) is 13.6. The molecule has 0 saturated heterocycles. The number of methoxy groups -OCH3 is 1. The fourth-order valence-electron chi connectivity index (χ4n) is 4.27. The molecule has 0 heterocycles. The van der Waals surface area contributed by atoms with E-state index >= 15 is 0 Å². The van der Waals surface area contributed by atoms with Gasteiger partial charge in [0.1, 0.15) is 18.3 Å². The highest BCUT2D eigenvalue weighted by Gasteiger charge is 2.35. The minimum absolute atomic E-state index is 0.0621. The lowest BCUT2D eigenvalue weighted by Crippen LogP contribution is -2.56. The Balaban J connectivity index is 2.12. The number of carbonyl (C=O) groups is 2. The van der Waals surface area contributed by atoms with Crippen LogP contribution < -0.4 is 14.4 Å². The van der Waals surface area contributed by atoms with E-state index in [0.717, 1.165) is 16.1 Å². The largest absolute Gasteiger partial charge is 0.495 e. The second-order valence-corrected chi connectivity index (χ2v) is 13.4. The summed E-state index contributed by atoms with van der Waals surface area (Å²) in [6.07, 6.45) is 1.20. The molecule has 0 aliphatic carbocycles. The highest BCUT2D eigenvalue weighted by atomic mass is 35.5. The van der Waals surface area contributed by atoms with Crippen LogP contribution in [0.15, 0.2) is 72.8 Å². The van der Waals surface area contributed by atoms with Crippen LogP contribution in [0.1, 0.15) is 31.9 Å². The average molecular weight is 621 g/mol. The van der Waals surface area contributed by atoms with Crippen molar-refractivity contribution in [2.24, 2.45) is 0 Å². The number of hydrogen-bond acceptors (Lipinski definition) is 5. The van der Waals surface area contributed by atoms with Gasteiger partial charge in [0.05, 0.1) is 19.1 Å². The predicted octanol–water partition coefficient (Wildman–Crippen LogP) is 5.32. The van der Waals surface area contributed by atoms with Gasteiger partial charge in [0.2, 0.25) is 21.8 Å². The number of nitrogens with zero attached hydrogens (tertiary/aromatic N) is 2. The number of ether oxygens (including phenoxy) is 1. The molecule has 2 amide bonds. The molecule has 1 N–H and O–H groups in total. The van der Waals surface area contributed by atoms with Gasteiger partial charge in [-0.1, -0.05) is 71.7 Å². The molecule has 0 fully saturated rings. The van der Waals surface area contributed by atoms with Crippen molar-refractivity contribution >= 4 is 50.7 Å². The SMILES string of the molecule is COc1ccccc1N(CC(=O)N(Cc1ccc(Cl)cc1Cl)[C@H](Cc1ccccc1)C(=O)NC(C)(C)C)S(C)(=O)=O. The molecule has 220 valence electrons. The molecule has 0 saturated carbocycles. The molecule has 8 nitrogen and oxygen atoms in total. The second-order valence-electron chi connectivity index (χ2n) is 10.6. The van der Waals surface area contributed by atoms with Gasteiger partial charge in [-0.15, -0.1) is 0 Å². The van der Waals surface area contributed by atoms with Gasteiger partial charge >= 0.3 is 0 Å². The van der Waals surface area contributed by atoms with E-state index in [0.29, 0.717) is 15.6 Å². The number of nitrogens with one attached hydrogen (secondary N) is 1. The maximum atomic E-state index is 14.2. The normalized spacial score (nSPS) is 12.4. The monoisotopic (exact) mass is 619 g/mol. The molecule has 0 aromatic heterocycles. The van der Waals surface area contributed by atoms with E-state index in [1.54, 1.807) is 42.5 Å². The third kappa shape index (κ3) is 9.11. The maximum absolute atomic E-state index is 14.2. The number of halogens is 2. The molecular formula is C30H35Cl2N3O5S. The quantitative estimate of drug-likeness (QED) is 0.313. The molecule has 0 radical (unpaired) electrons. The lowest BCUT2D eigenvalue weighted by molar-refractivity contribution is -0.140. The number of benzene rings is 3. The number of anilines is 1. The molecule has 1 atom stereocenters. The number of amides is 2. The molecule has 0 bridgehead atoms. The minimum Gasteiger partial charge on any atom is -0.495 e. The van der Waals surface area contributed by atoms with Gasteiger partial charge in [-0.05, 0) is 56.2 Å². The van der Waals surface area contributed by atoms with Gasteiger partial charge in [-0.2, -0.15) is 0 Å². The fourth-order valence-corrected chi connectivity index (χ4v) is 5.59. The summed E-state index contributed by atoms with van der Waals surface area (Å²) in [5.74, 6) is -0.704. The lowest BCUT2D eigenvalue weighted by atomic mass is 10.0. The van der Waals surface area contributed by atoms with E-state index < -0.39 is 34.1 Å². The predicted molar refractivity (Wildman–Crippen MR) is 164 cm³/mol. The van der Waals surface area contributed by atoms with Crippen LogP contribution in [0.3, 0.4) is 0 Å². The highest BCUT2D eigenvalue weighted by molar-refractivity contribution is 7.92. The van der Waals surface area contributed by atoms with Crippen LogP contribution in [-0.4, -0.2) is 56.6 Å². The molecule has 3 aromatic carbocycles. The number of carbonyl (C=O) groups excluding carboxylic acids is 2. The zero-order valence-corrected chi connectivity index (χ0v) is 26.1. The van der Waals surface area contributed by atoms with Crippen LogP contribution in [0.2, 0.25) is 10.0 Å². The number of rotatable bonds is 11. The van der Waals surface area contributed by atoms with Crippen molar-refractivity contribution in [3.63, 3.8) is 0 Å². The Morgan fingerprint density at radius 3 is 2.20 bits per heavy atom. The van der Waals surface area contributed by atoms with E-state index in [2.05, 4.69) is 5.32 Å². The Bertz CT molecular complexity index is 1480. The summed E-state index contributed by atoms with van der Waals surface area (Å²) in [6, 6.07) is 19.7. The standard InChI is InChI=1S/C30H35Cl2N3O5S/c1-30(2,3)33-29(37)26(17-21-11-7-6-8-12-21)34(19-22-15-16-23(31)18-24(22)32)28(36)20-35(41(5,38)39)25-13-9-10-14-27(25)40-4/h6-16,18,26H,17,19-20H2,1-5H3,(H,33,37)/t26-/m1/s1. The van der Waals surface area contributed by atoms with Crippen LogP contribution in [0.25, 0.3) is 0 Å². The zero-order chi connectivity index (χ0) is 30.4. The Morgan fingerprint density at radius 2 is 1.61 bits per heavy atom. The topological polar surface area (TPSA) is 96.0 Å². The molecule has 0 spiro atoms. The summed E-state index contributed by atoms with van der Waals surface area (Å²) in [4.78, 5) is 29.3. The number of sulfonamides is 1. The van der Waals surface area contributed by atoms with Gasteiger partial charge in [-0.3, -0.25) is 13.9 Å².